The minimum Gasteiger partial charge on any atom is -0.496 e. The fraction of sp³-hybridized carbons (Fsp3) is 0.364. The molecule has 98 valence electrons. The van der Waals surface area contributed by atoms with Crippen molar-refractivity contribution >= 4 is 17.3 Å². The molecule has 0 aliphatic rings. The number of carbonyl (C=O) groups is 1. The fourth-order valence-electron chi connectivity index (χ4n) is 1.29. The third-order valence-electron chi connectivity index (χ3n) is 2.38. The molecule has 0 radical (unpaired) electrons. The van der Waals surface area contributed by atoms with Gasteiger partial charge in [0.15, 0.2) is 0 Å². The molecule has 0 fully saturated rings. The van der Waals surface area contributed by atoms with Gasteiger partial charge in [0, 0.05) is 0 Å². The lowest BCUT2D eigenvalue weighted by Gasteiger charge is -2.22. The lowest BCUT2D eigenvalue weighted by atomic mass is 10.1. The Bertz CT molecular complexity index is 484. The summed E-state index contributed by atoms with van der Waals surface area (Å²) in [6.45, 7) is 2.84. The minimum absolute atomic E-state index is 0.133. The summed E-state index contributed by atoms with van der Waals surface area (Å²) in [5.74, 6) is -0.770. The van der Waals surface area contributed by atoms with Crippen molar-refractivity contribution in [3.05, 3.63) is 28.3 Å². The monoisotopic (exact) mass is 254 g/mol. The van der Waals surface area contributed by atoms with Crippen LogP contribution >= 0.6 is 0 Å². The number of rotatable bonds is 5. The van der Waals surface area contributed by atoms with Crippen LogP contribution in [0.3, 0.4) is 0 Å². The summed E-state index contributed by atoms with van der Waals surface area (Å²) in [5.41, 5.74) is -1.41. The van der Waals surface area contributed by atoms with Crippen molar-refractivity contribution in [3.8, 4) is 5.75 Å². The zero-order valence-electron chi connectivity index (χ0n) is 10.3. The number of methoxy groups -OCH3 is 1. The van der Waals surface area contributed by atoms with Crippen molar-refractivity contribution in [2.24, 2.45) is 0 Å². The third-order valence-corrected chi connectivity index (χ3v) is 2.38. The molecule has 7 nitrogen and oxygen atoms in total. The molecule has 0 atom stereocenters. The maximum absolute atomic E-state index is 11.0. The average molecular weight is 254 g/mol. The highest BCUT2D eigenvalue weighted by molar-refractivity contribution is 5.83. The summed E-state index contributed by atoms with van der Waals surface area (Å²) >= 11 is 0. The van der Waals surface area contributed by atoms with Gasteiger partial charge in [-0.05, 0) is 26.0 Å². The van der Waals surface area contributed by atoms with Gasteiger partial charge in [0.25, 0.3) is 5.69 Å². The van der Waals surface area contributed by atoms with E-state index in [1.807, 2.05) is 0 Å². The van der Waals surface area contributed by atoms with E-state index in [1.54, 1.807) is 0 Å². The first-order chi connectivity index (χ1) is 8.27. The van der Waals surface area contributed by atoms with Gasteiger partial charge in [0.05, 0.1) is 18.1 Å². The molecule has 0 amide bonds. The number of benzene rings is 1. The molecule has 18 heavy (non-hydrogen) atoms. The summed E-state index contributed by atoms with van der Waals surface area (Å²) in [6, 6.07) is 4.18. The first-order valence-corrected chi connectivity index (χ1v) is 5.12. The zero-order chi connectivity index (χ0) is 13.9. The van der Waals surface area contributed by atoms with Crippen LogP contribution in [0.25, 0.3) is 0 Å². The molecule has 0 heterocycles. The van der Waals surface area contributed by atoms with Gasteiger partial charge >= 0.3 is 5.97 Å². The molecular weight excluding hydrogens is 240 g/mol. The molecule has 0 aliphatic carbocycles. The Morgan fingerprint density at radius 2 is 2.11 bits per heavy atom. The van der Waals surface area contributed by atoms with Gasteiger partial charge in [-0.1, -0.05) is 0 Å². The summed E-state index contributed by atoms with van der Waals surface area (Å²) in [4.78, 5) is 21.3. The van der Waals surface area contributed by atoms with Gasteiger partial charge in [-0.2, -0.15) is 0 Å². The Kier molecular flexibility index (Phi) is 3.75. The lowest BCUT2D eigenvalue weighted by molar-refractivity contribution is -0.384. The van der Waals surface area contributed by atoms with Crippen molar-refractivity contribution in [2.45, 2.75) is 19.4 Å². The number of nitro groups is 1. The first-order valence-electron chi connectivity index (χ1n) is 5.12. The number of aliphatic carboxylic acids is 1. The molecule has 1 aromatic carbocycles. The van der Waals surface area contributed by atoms with E-state index in [4.69, 9.17) is 9.84 Å². The first kappa shape index (κ1) is 13.8. The van der Waals surface area contributed by atoms with E-state index >= 15 is 0 Å². The van der Waals surface area contributed by atoms with Gasteiger partial charge in [-0.25, -0.2) is 4.79 Å². The summed E-state index contributed by atoms with van der Waals surface area (Å²) in [6.07, 6.45) is 0. The van der Waals surface area contributed by atoms with Gasteiger partial charge in [-0.15, -0.1) is 0 Å². The van der Waals surface area contributed by atoms with E-state index in [0.29, 0.717) is 5.75 Å². The van der Waals surface area contributed by atoms with E-state index < -0.39 is 16.4 Å². The minimum atomic E-state index is -1.31. The second kappa shape index (κ2) is 4.91. The third kappa shape index (κ3) is 2.88. The van der Waals surface area contributed by atoms with Crippen LogP contribution in [0, 0.1) is 10.1 Å². The zero-order valence-corrected chi connectivity index (χ0v) is 10.3. The average Bonchev–Trinajstić information content (AvgIpc) is 2.28. The molecule has 0 saturated carbocycles. The Hall–Kier alpha value is -2.31. The molecular formula is C11H14N2O5. The molecule has 0 saturated heterocycles. The van der Waals surface area contributed by atoms with Crippen molar-refractivity contribution < 1.29 is 19.6 Å². The Labute approximate surface area is 104 Å². The molecule has 0 unspecified atom stereocenters. The predicted molar refractivity (Wildman–Crippen MR) is 65.0 cm³/mol. The summed E-state index contributed by atoms with van der Waals surface area (Å²) in [5, 5.41) is 22.5. The molecule has 0 bridgehead atoms. The Balaban J connectivity index is 3.17. The maximum atomic E-state index is 11.0. The number of nitro benzene ring substituents is 1. The van der Waals surface area contributed by atoms with Crippen LogP contribution in [0.1, 0.15) is 13.8 Å². The van der Waals surface area contributed by atoms with E-state index in [2.05, 4.69) is 5.32 Å². The number of nitrogens with one attached hydrogen (secondary N) is 1. The number of anilines is 1. The van der Waals surface area contributed by atoms with Crippen LogP contribution in [0.2, 0.25) is 0 Å². The summed E-state index contributed by atoms with van der Waals surface area (Å²) in [7, 11) is 1.40. The van der Waals surface area contributed by atoms with Crippen LogP contribution in [0.4, 0.5) is 11.4 Å². The number of hydrogen-bond donors (Lipinski definition) is 2. The highest BCUT2D eigenvalue weighted by Gasteiger charge is 2.29. The van der Waals surface area contributed by atoms with Gasteiger partial charge in [0.2, 0.25) is 0 Å². The van der Waals surface area contributed by atoms with E-state index in [9.17, 15) is 14.9 Å². The SMILES string of the molecule is COc1ccc(NC(C)(C)C(=O)O)c([N+](=O)[O-])c1. The van der Waals surface area contributed by atoms with Gasteiger partial charge < -0.3 is 15.2 Å². The lowest BCUT2D eigenvalue weighted by Crippen LogP contribution is -2.40. The van der Waals surface area contributed by atoms with E-state index in [0.717, 1.165) is 0 Å². The largest absolute Gasteiger partial charge is 0.496 e. The maximum Gasteiger partial charge on any atom is 0.328 e. The van der Waals surface area contributed by atoms with E-state index in [-0.39, 0.29) is 11.4 Å². The van der Waals surface area contributed by atoms with Gasteiger partial charge in [0.1, 0.15) is 17.0 Å². The molecule has 0 aliphatic heterocycles. The van der Waals surface area contributed by atoms with Crippen molar-refractivity contribution in [1.82, 2.24) is 0 Å². The van der Waals surface area contributed by atoms with Crippen molar-refractivity contribution in [2.75, 3.05) is 12.4 Å². The standard InChI is InChI=1S/C11H14N2O5/c1-11(2,10(14)15)12-8-5-4-7(18-3)6-9(8)13(16)17/h4-6,12H,1-3H3,(H,14,15). The fourth-order valence-corrected chi connectivity index (χ4v) is 1.29. The molecule has 1 aromatic rings. The molecule has 1 rings (SSSR count). The van der Waals surface area contributed by atoms with Gasteiger partial charge in [-0.3, -0.25) is 10.1 Å². The number of carboxylic acid groups (broad SMARTS) is 1. The Morgan fingerprint density at radius 1 is 1.50 bits per heavy atom. The smallest absolute Gasteiger partial charge is 0.328 e. The number of hydrogen-bond acceptors (Lipinski definition) is 5. The van der Waals surface area contributed by atoms with Crippen LogP contribution < -0.4 is 10.1 Å². The number of nitrogens with zero attached hydrogens (tertiary/aromatic N) is 1. The topological polar surface area (TPSA) is 102 Å². The molecule has 7 heteroatoms. The van der Waals surface area contributed by atoms with Crippen molar-refractivity contribution in [3.63, 3.8) is 0 Å². The van der Waals surface area contributed by atoms with E-state index in [1.165, 1.54) is 39.2 Å². The number of carboxylic acids is 1. The molecule has 0 aromatic heterocycles. The second-order valence-electron chi connectivity index (χ2n) is 4.20. The van der Waals surface area contributed by atoms with Crippen LogP contribution in [0.15, 0.2) is 18.2 Å². The van der Waals surface area contributed by atoms with Crippen LogP contribution in [-0.2, 0) is 4.79 Å². The molecule has 0 spiro atoms. The van der Waals surface area contributed by atoms with Crippen LogP contribution in [-0.4, -0.2) is 28.6 Å². The van der Waals surface area contributed by atoms with Crippen molar-refractivity contribution in [1.29, 1.82) is 0 Å². The second-order valence-corrected chi connectivity index (χ2v) is 4.20. The highest BCUT2D eigenvalue weighted by Crippen LogP contribution is 2.30. The predicted octanol–water partition coefficient (Wildman–Crippen LogP) is 1.88. The van der Waals surface area contributed by atoms with Crippen LogP contribution in [0.5, 0.6) is 5.75 Å². The highest BCUT2D eigenvalue weighted by atomic mass is 16.6. The number of ether oxygens (including phenoxy) is 1. The molecule has 2 N–H and O–H groups in total. The summed E-state index contributed by atoms with van der Waals surface area (Å²) < 4.78 is 4.89. The normalized spacial score (nSPS) is 10.8. The quantitative estimate of drug-likeness (QED) is 0.614. The Morgan fingerprint density at radius 3 is 2.56 bits per heavy atom.